The minimum atomic E-state index is 1.10. The van der Waals surface area contributed by atoms with Gasteiger partial charge in [-0.3, -0.25) is 4.72 Å². The lowest BCUT2D eigenvalue weighted by Crippen LogP contribution is -1.89. The van der Waals surface area contributed by atoms with Crippen LogP contribution in [0.3, 0.4) is 0 Å². The number of aromatic nitrogens is 1. The molecule has 2 aromatic rings. The van der Waals surface area contributed by atoms with Gasteiger partial charge in [0.15, 0.2) is 0 Å². The van der Waals surface area contributed by atoms with E-state index in [1.165, 1.54) is 9.60 Å². The molecule has 1 N–H and O–H groups in total. The highest BCUT2D eigenvalue weighted by molar-refractivity contribution is 7.97. The molecule has 0 aliphatic rings. The summed E-state index contributed by atoms with van der Waals surface area (Å²) in [5.41, 5.74) is 1.10. The summed E-state index contributed by atoms with van der Waals surface area (Å²) < 4.78 is 4.32. The molecule has 1 aromatic carbocycles. The minimum absolute atomic E-state index is 1.10. The second-order valence-electron chi connectivity index (χ2n) is 2.67. The molecule has 0 spiro atoms. The molecule has 0 saturated carbocycles. The molecular formula is C9H10N2S2. The van der Waals surface area contributed by atoms with Crippen LogP contribution in [0.4, 0.5) is 0 Å². The van der Waals surface area contributed by atoms with Crippen LogP contribution in [0.1, 0.15) is 5.01 Å². The Morgan fingerprint density at radius 1 is 1.46 bits per heavy atom. The molecule has 1 aromatic heterocycles. The number of hydrogen-bond acceptors (Lipinski definition) is 4. The van der Waals surface area contributed by atoms with Gasteiger partial charge in [-0.1, -0.05) is 0 Å². The largest absolute Gasteiger partial charge is 0.263 e. The van der Waals surface area contributed by atoms with Gasteiger partial charge in [-0.25, -0.2) is 4.98 Å². The Hall–Kier alpha value is -0.580. The minimum Gasteiger partial charge on any atom is -0.263 e. The summed E-state index contributed by atoms with van der Waals surface area (Å²) in [5, 5.41) is 1.13. The topological polar surface area (TPSA) is 24.9 Å². The van der Waals surface area contributed by atoms with Crippen LogP contribution in [0, 0.1) is 6.92 Å². The van der Waals surface area contributed by atoms with Crippen LogP contribution in [0.2, 0.25) is 0 Å². The van der Waals surface area contributed by atoms with Crippen LogP contribution in [-0.4, -0.2) is 12.0 Å². The lowest BCUT2D eigenvalue weighted by atomic mass is 10.3. The number of hydrogen-bond donors (Lipinski definition) is 1. The predicted octanol–water partition coefficient (Wildman–Crippen LogP) is 2.83. The molecule has 2 rings (SSSR count). The van der Waals surface area contributed by atoms with E-state index >= 15 is 0 Å². The third kappa shape index (κ3) is 1.85. The Bertz CT molecular complexity index is 422. The van der Waals surface area contributed by atoms with E-state index < -0.39 is 0 Å². The average molecular weight is 210 g/mol. The maximum Gasteiger partial charge on any atom is 0.0907 e. The predicted molar refractivity (Wildman–Crippen MR) is 59.3 cm³/mol. The number of thiazole rings is 1. The van der Waals surface area contributed by atoms with Gasteiger partial charge < -0.3 is 0 Å². The van der Waals surface area contributed by atoms with Crippen molar-refractivity contribution >= 4 is 33.5 Å². The summed E-state index contributed by atoms with van der Waals surface area (Å²) in [6.45, 7) is 2.04. The monoisotopic (exact) mass is 210 g/mol. The molecule has 13 heavy (non-hydrogen) atoms. The first kappa shape index (κ1) is 8.99. The van der Waals surface area contributed by atoms with E-state index in [0.29, 0.717) is 0 Å². The quantitative estimate of drug-likeness (QED) is 0.772. The summed E-state index contributed by atoms with van der Waals surface area (Å²) in [6, 6.07) is 6.32. The van der Waals surface area contributed by atoms with Crippen molar-refractivity contribution in [3.63, 3.8) is 0 Å². The van der Waals surface area contributed by atoms with E-state index in [1.807, 2.05) is 14.0 Å². The summed E-state index contributed by atoms with van der Waals surface area (Å²) in [5.74, 6) is 0. The summed E-state index contributed by atoms with van der Waals surface area (Å²) in [4.78, 5) is 5.64. The van der Waals surface area contributed by atoms with Crippen molar-refractivity contribution in [3.05, 3.63) is 23.2 Å². The first-order valence-corrected chi connectivity index (χ1v) is 5.63. The zero-order valence-electron chi connectivity index (χ0n) is 7.50. The van der Waals surface area contributed by atoms with Crippen molar-refractivity contribution in [1.82, 2.24) is 9.71 Å². The van der Waals surface area contributed by atoms with Crippen LogP contribution < -0.4 is 4.72 Å². The molecule has 0 fully saturated rings. The number of nitrogens with one attached hydrogen (secondary N) is 1. The van der Waals surface area contributed by atoms with Gasteiger partial charge in [-0.05, 0) is 44.1 Å². The third-order valence-corrected chi connectivity index (χ3v) is 3.31. The molecule has 0 unspecified atom stereocenters. The number of benzene rings is 1. The van der Waals surface area contributed by atoms with Crippen molar-refractivity contribution in [2.75, 3.05) is 7.05 Å². The molecule has 0 atom stereocenters. The van der Waals surface area contributed by atoms with Gasteiger partial charge in [0.1, 0.15) is 0 Å². The van der Waals surface area contributed by atoms with E-state index in [4.69, 9.17) is 0 Å². The smallest absolute Gasteiger partial charge is 0.0907 e. The molecule has 2 nitrogen and oxygen atoms in total. The summed E-state index contributed by atoms with van der Waals surface area (Å²) in [7, 11) is 1.92. The standard InChI is InChI=1S/C9H10N2S2/c1-6-11-8-4-3-7(13-10-2)5-9(8)12-6/h3-5,10H,1-2H3. The van der Waals surface area contributed by atoms with Crippen molar-refractivity contribution in [3.8, 4) is 0 Å². The maximum atomic E-state index is 4.40. The van der Waals surface area contributed by atoms with E-state index in [-0.39, 0.29) is 0 Å². The lowest BCUT2D eigenvalue weighted by Gasteiger charge is -1.96. The number of nitrogens with zero attached hydrogens (tertiary/aromatic N) is 1. The number of rotatable bonds is 2. The van der Waals surface area contributed by atoms with Crippen LogP contribution in [-0.2, 0) is 0 Å². The Morgan fingerprint density at radius 2 is 2.31 bits per heavy atom. The number of aryl methyl sites for hydroxylation is 1. The van der Waals surface area contributed by atoms with E-state index in [9.17, 15) is 0 Å². The van der Waals surface area contributed by atoms with E-state index in [2.05, 4.69) is 27.9 Å². The van der Waals surface area contributed by atoms with Crippen molar-refractivity contribution in [1.29, 1.82) is 0 Å². The average Bonchev–Trinajstić information content (AvgIpc) is 2.44. The second kappa shape index (κ2) is 3.65. The Labute approximate surface area is 85.5 Å². The molecule has 0 saturated heterocycles. The molecule has 0 amide bonds. The van der Waals surface area contributed by atoms with Gasteiger partial charge in [-0.2, -0.15) is 0 Å². The Balaban J connectivity index is 2.48. The highest BCUT2D eigenvalue weighted by atomic mass is 32.2. The maximum absolute atomic E-state index is 4.40. The highest BCUT2D eigenvalue weighted by Gasteiger charge is 2.00. The van der Waals surface area contributed by atoms with Gasteiger partial charge in [0.05, 0.1) is 15.2 Å². The van der Waals surface area contributed by atoms with Crippen LogP contribution in [0.5, 0.6) is 0 Å². The van der Waals surface area contributed by atoms with Crippen LogP contribution >= 0.6 is 23.3 Å². The third-order valence-electron chi connectivity index (χ3n) is 1.69. The molecule has 0 bridgehead atoms. The lowest BCUT2D eigenvalue weighted by molar-refractivity contribution is 1.28. The SMILES string of the molecule is CNSc1ccc2nc(C)sc2c1. The van der Waals surface area contributed by atoms with E-state index in [1.54, 1.807) is 23.3 Å². The molecule has 68 valence electrons. The first-order valence-electron chi connectivity index (χ1n) is 4.00. The molecule has 4 heteroatoms. The zero-order chi connectivity index (χ0) is 9.26. The fraction of sp³-hybridized carbons (Fsp3) is 0.222. The Kier molecular flexibility index (Phi) is 2.53. The van der Waals surface area contributed by atoms with Gasteiger partial charge in [0, 0.05) is 4.90 Å². The zero-order valence-corrected chi connectivity index (χ0v) is 9.13. The van der Waals surface area contributed by atoms with E-state index in [0.717, 1.165) is 10.5 Å². The summed E-state index contributed by atoms with van der Waals surface area (Å²) >= 11 is 3.37. The van der Waals surface area contributed by atoms with Crippen molar-refractivity contribution in [2.24, 2.45) is 0 Å². The van der Waals surface area contributed by atoms with Crippen LogP contribution in [0.15, 0.2) is 23.1 Å². The van der Waals surface area contributed by atoms with Crippen molar-refractivity contribution in [2.45, 2.75) is 11.8 Å². The van der Waals surface area contributed by atoms with Gasteiger partial charge in [0.2, 0.25) is 0 Å². The highest BCUT2D eigenvalue weighted by Crippen LogP contribution is 2.25. The summed E-state index contributed by atoms with van der Waals surface area (Å²) in [6.07, 6.45) is 0. The van der Waals surface area contributed by atoms with Gasteiger partial charge >= 0.3 is 0 Å². The first-order chi connectivity index (χ1) is 6.29. The van der Waals surface area contributed by atoms with Gasteiger partial charge in [-0.15, -0.1) is 11.3 Å². The van der Waals surface area contributed by atoms with Crippen LogP contribution in [0.25, 0.3) is 10.2 Å². The fourth-order valence-electron chi connectivity index (χ4n) is 1.20. The molecule has 1 heterocycles. The molecule has 0 radical (unpaired) electrons. The Morgan fingerprint density at radius 3 is 3.08 bits per heavy atom. The molecule has 0 aliphatic heterocycles. The molecular weight excluding hydrogens is 200 g/mol. The van der Waals surface area contributed by atoms with Crippen molar-refractivity contribution < 1.29 is 0 Å². The molecule has 0 aliphatic carbocycles. The normalized spacial score (nSPS) is 10.9. The fourth-order valence-corrected chi connectivity index (χ4v) is 2.69. The second-order valence-corrected chi connectivity index (χ2v) is 4.99. The number of fused-ring (bicyclic) bond motifs is 1. The van der Waals surface area contributed by atoms with Gasteiger partial charge in [0.25, 0.3) is 0 Å².